The van der Waals surface area contributed by atoms with Gasteiger partial charge in [-0.1, -0.05) is 29.8 Å². The molecule has 0 bridgehead atoms. The Kier molecular flexibility index (Phi) is 7.33. The van der Waals surface area contributed by atoms with Gasteiger partial charge < -0.3 is 14.0 Å². The predicted octanol–water partition coefficient (Wildman–Crippen LogP) is 4.37. The summed E-state index contributed by atoms with van der Waals surface area (Å²) >= 11 is 6.01. The van der Waals surface area contributed by atoms with Crippen LogP contribution in [0.2, 0.25) is 5.02 Å². The number of benzene rings is 2. The van der Waals surface area contributed by atoms with Gasteiger partial charge in [-0.3, -0.25) is 4.79 Å². The second-order valence-corrected chi connectivity index (χ2v) is 7.52. The SMILES string of the molecule is COC(=O)c1cccc(-n2c(C)cc(/C=N\NC(=O)COc3ccccc3Cl)c2C)c1C. The molecule has 0 unspecified atom stereocenters. The molecule has 1 amide bonds. The molecule has 0 atom stereocenters. The fourth-order valence-electron chi connectivity index (χ4n) is 3.40. The quantitative estimate of drug-likeness (QED) is 0.327. The lowest BCUT2D eigenvalue weighted by molar-refractivity contribution is -0.123. The normalized spacial score (nSPS) is 10.9. The first-order valence-corrected chi connectivity index (χ1v) is 10.3. The van der Waals surface area contributed by atoms with Crippen molar-refractivity contribution in [2.75, 3.05) is 13.7 Å². The lowest BCUT2D eigenvalue weighted by Crippen LogP contribution is -2.24. The molecule has 1 aromatic heterocycles. The van der Waals surface area contributed by atoms with E-state index >= 15 is 0 Å². The van der Waals surface area contributed by atoms with E-state index in [1.165, 1.54) is 7.11 Å². The van der Waals surface area contributed by atoms with Crippen molar-refractivity contribution in [3.8, 4) is 11.4 Å². The molecule has 0 saturated heterocycles. The molecule has 0 saturated carbocycles. The molecule has 0 radical (unpaired) electrons. The van der Waals surface area contributed by atoms with Crippen LogP contribution in [0.1, 0.15) is 32.9 Å². The number of methoxy groups -OCH3 is 1. The summed E-state index contributed by atoms with van der Waals surface area (Å²) in [6.07, 6.45) is 1.58. The van der Waals surface area contributed by atoms with Gasteiger partial charge in [0.05, 0.1) is 23.9 Å². The van der Waals surface area contributed by atoms with Crippen LogP contribution in [0.25, 0.3) is 5.69 Å². The Bertz CT molecular complexity index is 1180. The molecule has 8 heteroatoms. The number of hydrazone groups is 1. The number of para-hydroxylation sites is 1. The van der Waals surface area contributed by atoms with Crippen LogP contribution >= 0.6 is 11.6 Å². The van der Waals surface area contributed by atoms with Gasteiger partial charge in [0, 0.05) is 22.6 Å². The highest BCUT2D eigenvalue weighted by Crippen LogP contribution is 2.25. The number of hydrogen-bond donors (Lipinski definition) is 1. The molecule has 166 valence electrons. The lowest BCUT2D eigenvalue weighted by atomic mass is 10.1. The van der Waals surface area contributed by atoms with E-state index in [2.05, 4.69) is 10.5 Å². The maximum atomic E-state index is 12.1. The first kappa shape index (κ1) is 23.1. The van der Waals surface area contributed by atoms with Gasteiger partial charge in [-0.25, -0.2) is 10.2 Å². The van der Waals surface area contributed by atoms with Gasteiger partial charge in [-0.05, 0) is 56.7 Å². The highest BCUT2D eigenvalue weighted by Gasteiger charge is 2.16. The Hall–Kier alpha value is -3.58. The fraction of sp³-hybridized carbons (Fsp3) is 0.208. The maximum absolute atomic E-state index is 12.1. The summed E-state index contributed by atoms with van der Waals surface area (Å²) in [6.45, 7) is 5.58. The Morgan fingerprint density at radius 2 is 1.88 bits per heavy atom. The second kappa shape index (κ2) is 10.2. The molecule has 7 nitrogen and oxygen atoms in total. The summed E-state index contributed by atoms with van der Waals surface area (Å²) < 4.78 is 12.3. The van der Waals surface area contributed by atoms with Crippen LogP contribution in [-0.4, -0.2) is 36.4 Å². The lowest BCUT2D eigenvalue weighted by Gasteiger charge is -2.15. The van der Waals surface area contributed by atoms with Crippen molar-refractivity contribution in [1.82, 2.24) is 9.99 Å². The molecule has 0 fully saturated rings. The Morgan fingerprint density at radius 3 is 2.59 bits per heavy atom. The molecule has 3 aromatic rings. The number of aryl methyl sites for hydroxylation is 1. The second-order valence-electron chi connectivity index (χ2n) is 7.12. The summed E-state index contributed by atoms with van der Waals surface area (Å²) in [7, 11) is 1.36. The summed E-state index contributed by atoms with van der Waals surface area (Å²) in [5.41, 5.74) is 7.36. The number of aromatic nitrogens is 1. The predicted molar refractivity (Wildman–Crippen MR) is 124 cm³/mol. The van der Waals surface area contributed by atoms with Crippen LogP contribution in [-0.2, 0) is 9.53 Å². The minimum absolute atomic E-state index is 0.209. The highest BCUT2D eigenvalue weighted by atomic mass is 35.5. The number of amides is 1. The third-order valence-electron chi connectivity index (χ3n) is 5.01. The third kappa shape index (κ3) is 5.00. The standard InChI is InChI=1S/C24H24ClN3O4/c1-15-12-18(13-26-27-23(29)14-32-22-11-6-5-9-20(22)25)17(3)28(15)21-10-7-8-19(16(21)2)24(30)31-4/h5-13H,14H2,1-4H3,(H,27,29)/b26-13-. The van der Waals surface area contributed by atoms with Gasteiger partial charge in [0.2, 0.25) is 0 Å². The minimum Gasteiger partial charge on any atom is -0.482 e. The molecule has 32 heavy (non-hydrogen) atoms. The van der Waals surface area contributed by atoms with Crippen molar-refractivity contribution >= 4 is 29.7 Å². The molecule has 0 spiro atoms. The number of rotatable bonds is 7. The van der Waals surface area contributed by atoms with E-state index in [-0.39, 0.29) is 12.6 Å². The maximum Gasteiger partial charge on any atom is 0.338 e. The van der Waals surface area contributed by atoms with Gasteiger partial charge >= 0.3 is 5.97 Å². The zero-order valence-electron chi connectivity index (χ0n) is 18.3. The number of esters is 1. The summed E-state index contributed by atoms with van der Waals surface area (Å²) in [5, 5.41) is 4.47. The first-order valence-electron chi connectivity index (χ1n) is 9.90. The average Bonchev–Trinajstić information content (AvgIpc) is 3.06. The van der Waals surface area contributed by atoms with Crippen LogP contribution in [0, 0.1) is 20.8 Å². The van der Waals surface area contributed by atoms with Crippen molar-refractivity contribution in [3.05, 3.63) is 81.6 Å². The molecule has 1 heterocycles. The van der Waals surface area contributed by atoms with Crippen molar-refractivity contribution < 1.29 is 19.1 Å². The molecule has 1 N–H and O–H groups in total. The summed E-state index contributed by atoms with van der Waals surface area (Å²) in [5.74, 6) is -0.353. The molecule has 0 aliphatic heterocycles. The zero-order chi connectivity index (χ0) is 23.3. The molecule has 0 aliphatic rings. The Balaban J connectivity index is 1.73. The Morgan fingerprint density at radius 1 is 1.12 bits per heavy atom. The van der Waals surface area contributed by atoms with E-state index in [4.69, 9.17) is 21.1 Å². The van der Waals surface area contributed by atoms with Crippen molar-refractivity contribution in [1.29, 1.82) is 0 Å². The zero-order valence-corrected chi connectivity index (χ0v) is 19.1. The number of nitrogens with zero attached hydrogens (tertiary/aromatic N) is 2. The number of halogens is 1. The molecule has 2 aromatic carbocycles. The van der Waals surface area contributed by atoms with E-state index in [0.717, 1.165) is 28.2 Å². The number of nitrogens with one attached hydrogen (secondary N) is 1. The van der Waals surface area contributed by atoms with Crippen molar-refractivity contribution in [2.24, 2.45) is 5.10 Å². The van der Waals surface area contributed by atoms with Crippen LogP contribution in [0.15, 0.2) is 53.6 Å². The minimum atomic E-state index is -0.406. The van der Waals surface area contributed by atoms with Gasteiger partial charge in [0.25, 0.3) is 5.91 Å². The van der Waals surface area contributed by atoms with Gasteiger partial charge in [0.1, 0.15) is 5.75 Å². The third-order valence-corrected chi connectivity index (χ3v) is 5.32. The Labute approximate surface area is 191 Å². The number of hydrogen-bond acceptors (Lipinski definition) is 5. The van der Waals surface area contributed by atoms with E-state index in [1.807, 2.05) is 43.5 Å². The molecular weight excluding hydrogens is 430 g/mol. The summed E-state index contributed by atoms with van der Waals surface area (Å²) in [6, 6.07) is 14.4. The van der Waals surface area contributed by atoms with Gasteiger partial charge in [0.15, 0.2) is 6.61 Å². The number of carbonyl (C=O) groups is 2. The van der Waals surface area contributed by atoms with E-state index in [9.17, 15) is 9.59 Å². The summed E-state index contributed by atoms with van der Waals surface area (Å²) in [4.78, 5) is 24.1. The van der Waals surface area contributed by atoms with Crippen LogP contribution in [0.4, 0.5) is 0 Å². The van der Waals surface area contributed by atoms with Gasteiger partial charge in [-0.15, -0.1) is 0 Å². The average molecular weight is 454 g/mol. The van der Waals surface area contributed by atoms with Crippen LogP contribution in [0.3, 0.4) is 0 Å². The van der Waals surface area contributed by atoms with Crippen molar-refractivity contribution in [2.45, 2.75) is 20.8 Å². The van der Waals surface area contributed by atoms with Crippen LogP contribution < -0.4 is 10.2 Å². The van der Waals surface area contributed by atoms with Crippen molar-refractivity contribution in [3.63, 3.8) is 0 Å². The van der Waals surface area contributed by atoms with E-state index in [0.29, 0.717) is 16.3 Å². The smallest absolute Gasteiger partial charge is 0.338 e. The molecule has 0 aliphatic carbocycles. The van der Waals surface area contributed by atoms with Gasteiger partial charge in [-0.2, -0.15) is 5.10 Å². The fourth-order valence-corrected chi connectivity index (χ4v) is 3.59. The monoisotopic (exact) mass is 453 g/mol. The van der Waals surface area contributed by atoms with E-state index < -0.39 is 5.91 Å². The van der Waals surface area contributed by atoms with Crippen LogP contribution in [0.5, 0.6) is 5.75 Å². The topological polar surface area (TPSA) is 81.9 Å². The first-order chi connectivity index (χ1) is 15.3. The molecule has 3 rings (SSSR count). The molecular formula is C24H24ClN3O4. The number of carbonyl (C=O) groups excluding carboxylic acids is 2. The highest BCUT2D eigenvalue weighted by molar-refractivity contribution is 6.32. The largest absolute Gasteiger partial charge is 0.482 e. The van der Waals surface area contributed by atoms with E-state index in [1.54, 1.807) is 36.5 Å². The number of ether oxygens (including phenoxy) is 2.